The first-order chi connectivity index (χ1) is 14.1. The topological polar surface area (TPSA) is 92.9 Å². The number of unbranched alkanes of at least 4 members (excludes halogenated alkanes) is 4. The Morgan fingerprint density at radius 1 is 1.21 bits per heavy atom. The number of aliphatic hydroxyl groups is 1. The Hall–Kier alpha value is -2.18. The van der Waals surface area contributed by atoms with Gasteiger partial charge in [-0.05, 0) is 24.8 Å². The zero-order chi connectivity index (χ0) is 20.9. The van der Waals surface area contributed by atoms with Crippen LogP contribution in [0.15, 0.2) is 42.5 Å². The highest BCUT2D eigenvalue weighted by atomic mass is 16.5. The summed E-state index contributed by atoms with van der Waals surface area (Å²) in [6.07, 6.45) is 10.2. The van der Waals surface area contributed by atoms with Crippen molar-refractivity contribution < 1.29 is 19.4 Å². The number of rotatable bonds is 13. The Morgan fingerprint density at radius 3 is 2.69 bits per heavy atom. The molecule has 29 heavy (non-hydrogen) atoms. The van der Waals surface area contributed by atoms with E-state index >= 15 is 0 Å². The molecular weight excluding hydrogens is 368 g/mol. The number of aliphatic hydroxyl groups excluding tert-OH is 1. The van der Waals surface area contributed by atoms with Crippen LogP contribution < -0.4 is 5.73 Å². The van der Waals surface area contributed by atoms with E-state index in [0.29, 0.717) is 19.4 Å². The van der Waals surface area contributed by atoms with Crippen molar-refractivity contribution in [1.82, 2.24) is 4.90 Å². The van der Waals surface area contributed by atoms with Gasteiger partial charge in [-0.15, -0.1) is 0 Å². The second-order valence-electron chi connectivity index (χ2n) is 7.53. The summed E-state index contributed by atoms with van der Waals surface area (Å²) >= 11 is 0. The first-order valence-corrected chi connectivity index (χ1v) is 10.7. The number of carbonyl (C=O) groups excluding carboxylic acids is 2. The molecule has 0 spiro atoms. The number of likely N-dealkylation sites (tertiary alicyclic amines) is 1. The summed E-state index contributed by atoms with van der Waals surface area (Å²) in [5.74, 6) is -0.156. The van der Waals surface area contributed by atoms with Crippen molar-refractivity contribution in [3.63, 3.8) is 0 Å². The van der Waals surface area contributed by atoms with E-state index in [1.54, 1.807) is 0 Å². The number of nitrogens with zero attached hydrogens (tertiary/aromatic N) is 1. The lowest BCUT2D eigenvalue weighted by atomic mass is 10.1. The van der Waals surface area contributed by atoms with E-state index in [1.165, 1.54) is 0 Å². The van der Waals surface area contributed by atoms with Crippen LogP contribution in [0.3, 0.4) is 0 Å². The zero-order valence-corrected chi connectivity index (χ0v) is 17.2. The summed E-state index contributed by atoms with van der Waals surface area (Å²) in [4.78, 5) is 25.1. The quantitative estimate of drug-likeness (QED) is 0.301. The molecule has 6 heteroatoms. The van der Waals surface area contributed by atoms with Gasteiger partial charge in [0.2, 0.25) is 5.91 Å². The van der Waals surface area contributed by atoms with Gasteiger partial charge < -0.3 is 20.5 Å². The minimum atomic E-state index is -0.539. The molecule has 1 saturated heterocycles. The van der Waals surface area contributed by atoms with Crippen LogP contribution in [0.2, 0.25) is 0 Å². The molecule has 2 atom stereocenters. The van der Waals surface area contributed by atoms with E-state index in [4.69, 9.17) is 10.5 Å². The second kappa shape index (κ2) is 13.1. The molecule has 0 saturated carbocycles. The zero-order valence-electron chi connectivity index (χ0n) is 17.2. The third-order valence-corrected chi connectivity index (χ3v) is 5.19. The summed E-state index contributed by atoms with van der Waals surface area (Å²) in [6, 6.07) is 9.99. The Balaban J connectivity index is 1.64. The van der Waals surface area contributed by atoms with Gasteiger partial charge >= 0.3 is 5.97 Å². The molecule has 1 amide bonds. The molecule has 1 aliphatic heterocycles. The van der Waals surface area contributed by atoms with Crippen LogP contribution >= 0.6 is 0 Å². The van der Waals surface area contributed by atoms with E-state index in [0.717, 1.165) is 50.6 Å². The first kappa shape index (κ1) is 23.1. The summed E-state index contributed by atoms with van der Waals surface area (Å²) < 4.78 is 4.95. The van der Waals surface area contributed by atoms with Crippen molar-refractivity contribution in [3.05, 3.63) is 48.0 Å². The molecule has 3 N–H and O–H groups in total. The number of esters is 1. The molecule has 1 aromatic carbocycles. The lowest BCUT2D eigenvalue weighted by Gasteiger charge is -2.22. The maximum atomic E-state index is 12.2. The van der Waals surface area contributed by atoms with E-state index in [2.05, 4.69) is 0 Å². The molecular formula is C23H34N2O4. The molecule has 0 unspecified atom stereocenters. The third kappa shape index (κ3) is 8.79. The minimum absolute atomic E-state index is 0.0667. The van der Waals surface area contributed by atoms with Crippen LogP contribution in [0, 0.1) is 0 Å². The number of hydrogen-bond donors (Lipinski definition) is 2. The van der Waals surface area contributed by atoms with Gasteiger partial charge in [0.05, 0.1) is 25.3 Å². The number of nitrogens with two attached hydrogens (primary N) is 1. The third-order valence-electron chi connectivity index (χ3n) is 5.19. The molecule has 0 aliphatic carbocycles. The molecule has 0 radical (unpaired) electrons. The maximum Gasteiger partial charge on any atom is 0.319 e. The summed E-state index contributed by atoms with van der Waals surface area (Å²) in [6.45, 7) is 1.12. The Bertz CT molecular complexity index is 648. The largest absolute Gasteiger partial charge is 0.465 e. The van der Waals surface area contributed by atoms with E-state index in [1.807, 2.05) is 47.4 Å². The van der Waals surface area contributed by atoms with Crippen molar-refractivity contribution in [2.45, 2.75) is 63.5 Å². The highest BCUT2D eigenvalue weighted by Gasteiger charge is 2.28. The van der Waals surface area contributed by atoms with Gasteiger partial charge in [-0.25, -0.2) is 0 Å². The second-order valence-corrected chi connectivity index (χ2v) is 7.53. The van der Waals surface area contributed by atoms with Crippen molar-refractivity contribution in [3.8, 4) is 0 Å². The van der Waals surface area contributed by atoms with Crippen LogP contribution in [-0.2, 0) is 20.7 Å². The average Bonchev–Trinajstić information content (AvgIpc) is 3.08. The van der Waals surface area contributed by atoms with Crippen molar-refractivity contribution in [2.24, 2.45) is 5.73 Å². The van der Waals surface area contributed by atoms with Crippen molar-refractivity contribution in [2.75, 3.05) is 19.7 Å². The number of carbonyl (C=O) groups is 2. The van der Waals surface area contributed by atoms with Crippen LogP contribution in [0.4, 0.5) is 0 Å². The van der Waals surface area contributed by atoms with E-state index < -0.39 is 6.10 Å². The highest BCUT2D eigenvalue weighted by Crippen LogP contribution is 2.21. The number of hydrogen-bond acceptors (Lipinski definition) is 5. The molecule has 2 rings (SSSR count). The highest BCUT2D eigenvalue weighted by molar-refractivity contribution is 5.79. The van der Waals surface area contributed by atoms with Gasteiger partial charge in [-0.1, -0.05) is 61.7 Å². The predicted octanol–water partition coefficient (Wildman–Crippen LogP) is 2.59. The fraction of sp³-hybridized carbons (Fsp3) is 0.565. The molecule has 1 fully saturated rings. The smallest absolute Gasteiger partial charge is 0.319 e. The van der Waals surface area contributed by atoms with Crippen LogP contribution in [0.1, 0.15) is 50.5 Å². The number of amides is 1. The fourth-order valence-corrected chi connectivity index (χ4v) is 3.59. The van der Waals surface area contributed by atoms with Crippen molar-refractivity contribution in [1.29, 1.82) is 0 Å². The molecule has 1 aliphatic rings. The maximum absolute atomic E-state index is 12.2. The SMILES string of the molecule is NCC(=O)OCCCCCCCN1C(=O)CC[C@@H]1/C=C/[C@@H](O)Cc1ccccc1. The molecule has 6 nitrogen and oxygen atoms in total. The lowest BCUT2D eigenvalue weighted by molar-refractivity contribution is -0.142. The normalized spacial score (nSPS) is 17.8. The Labute approximate surface area is 173 Å². The summed E-state index contributed by atoms with van der Waals surface area (Å²) in [5.41, 5.74) is 6.28. The van der Waals surface area contributed by atoms with Gasteiger partial charge in [0, 0.05) is 19.4 Å². The van der Waals surface area contributed by atoms with Gasteiger partial charge in [-0.2, -0.15) is 0 Å². The van der Waals surface area contributed by atoms with Gasteiger partial charge in [0.1, 0.15) is 0 Å². The van der Waals surface area contributed by atoms with Gasteiger partial charge in [-0.3, -0.25) is 9.59 Å². The summed E-state index contributed by atoms with van der Waals surface area (Å²) in [7, 11) is 0. The Kier molecular flexibility index (Phi) is 10.5. The molecule has 0 bridgehead atoms. The minimum Gasteiger partial charge on any atom is -0.465 e. The number of ether oxygens (including phenoxy) is 1. The van der Waals surface area contributed by atoms with Crippen LogP contribution in [-0.4, -0.2) is 53.7 Å². The van der Waals surface area contributed by atoms with Crippen molar-refractivity contribution >= 4 is 11.9 Å². The molecule has 1 heterocycles. The monoisotopic (exact) mass is 402 g/mol. The average molecular weight is 403 g/mol. The standard InChI is InChI=1S/C23H34N2O4/c24-18-23(28)29-16-8-3-1-2-7-15-25-20(12-14-22(25)27)11-13-21(26)17-19-9-5-4-6-10-19/h4-6,9-11,13,20-21,26H,1-3,7-8,12,14-18,24H2/b13-11+/t20-,21+/m0/s1. The fourth-order valence-electron chi connectivity index (χ4n) is 3.59. The molecule has 0 aromatic heterocycles. The molecule has 160 valence electrons. The van der Waals surface area contributed by atoms with E-state index in [-0.39, 0.29) is 24.5 Å². The summed E-state index contributed by atoms with van der Waals surface area (Å²) in [5, 5.41) is 10.3. The lowest BCUT2D eigenvalue weighted by Crippen LogP contribution is -2.32. The molecule has 1 aromatic rings. The first-order valence-electron chi connectivity index (χ1n) is 10.7. The van der Waals surface area contributed by atoms with Crippen LogP contribution in [0.25, 0.3) is 0 Å². The Morgan fingerprint density at radius 2 is 1.93 bits per heavy atom. The van der Waals surface area contributed by atoms with Gasteiger partial charge in [0.15, 0.2) is 0 Å². The predicted molar refractivity (Wildman–Crippen MR) is 113 cm³/mol. The van der Waals surface area contributed by atoms with Gasteiger partial charge in [0.25, 0.3) is 0 Å². The number of benzene rings is 1. The van der Waals surface area contributed by atoms with E-state index in [9.17, 15) is 14.7 Å². The van der Waals surface area contributed by atoms with Crippen LogP contribution in [0.5, 0.6) is 0 Å².